The quantitative estimate of drug-likeness (QED) is 0.0247. The maximum atomic E-state index is 13.5. The molecule has 0 saturated carbocycles. The minimum Gasteiger partial charge on any atom is -0.480 e. The molecule has 16 N–H and O–H groups in total. The van der Waals surface area contributed by atoms with Crippen molar-refractivity contribution >= 4 is 41.5 Å². The Morgan fingerprint density at radius 1 is 0.700 bits per heavy atom. The van der Waals surface area contributed by atoms with Crippen LogP contribution in [0.3, 0.4) is 0 Å². The zero-order valence-corrected chi connectivity index (χ0v) is 30.2. The van der Waals surface area contributed by atoms with Crippen LogP contribution in [-0.4, -0.2) is 103 Å². The van der Waals surface area contributed by atoms with Crippen LogP contribution >= 0.6 is 0 Å². The number of guanidine groups is 1. The highest BCUT2D eigenvalue weighted by Gasteiger charge is 2.31. The van der Waals surface area contributed by atoms with Crippen molar-refractivity contribution in [1.29, 1.82) is 0 Å². The first kappa shape index (κ1) is 46.0. The minimum atomic E-state index is -1.22. The molecule has 0 aliphatic rings. The zero-order valence-electron chi connectivity index (χ0n) is 30.2. The average Bonchev–Trinajstić information content (AvgIpc) is 3.05. The summed E-state index contributed by atoms with van der Waals surface area (Å²) in [5.74, 6) is -4.65. The molecule has 0 aliphatic carbocycles. The molecule has 0 spiro atoms. The van der Waals surface area contributed by atoms with E-state index in [0.29, 0.717) is 51.6 Å². The van der Waals surface area contributed by atoms with Gasteiger partial charge in [0.2, 0.25) is 29.5 Å². The first-order chi connectivity index (χ1) is 23.6. The molecule has 50 heavy (non-hydrogen) atoms. The van der Waals surface area contributed by atoms with Gasteiger partial charge in [-0.15, -0.1) is 0 Å². The van der Waals surface area contributed by atoms with Crippen molar-refractivity contribution in [2.75, 3.05) is 26.2 Å². The fraction of sp³-hybridized carbons (Fsp3) is 0.781. The largest absolute Gasteiger partial charge is 0.480 e. The first-order valence-corrected chi connectivity index (χ1v) is 17.5. The van der Waals surface area contributed by atoms with Crippen LogP contribution in [0.15, 0.2) is 4.99 Å². The molecule has 0 heterocycles. The monoisotopic (exact) mass is 713 g/mol. The van der Waals surface area contributed by atoms with Crippen molar-refractivity contribution in [3.63, 3.8) is 0 Å². The van der Waals surface area contributed by atoms with Crippen LogP contribution in [0.25, 0.3) is 0 Å². The Morgan fingerprint density at radius 2 is 1.22 bits per heavy atom. The molecule has 18 nitrogen and oxygen atoms in total. The molecular weight excluding hydrogens is 650 g/mol. The van der Waals surface area contributed by atoms with Crippen molar-refractivity contribution < 1.29 is 33.9 Å². The highest BCUT2D eigenvalue weighted by Crippen LogP contribution is 2.11. The van der Waals surface area contributed by atoms with Crippen LogP contribution in [0.1, 0.15) is 91.9 Å². The fourth-order valence-corrected chi connectivity index (χ4v) is 4.93. The van der Waals surface area contributed by atoms with Gasteiger partial charge in [0, 0.05) is 6.54 Å². The Kier molecular flexibility index (Phi) is 23.8. The van der Waals surface area contributed by atoms with E-state index >= 15 is 0 Å². The van der Waals surface area contributed by atoms with Gasteiger partial charge in [0.1, 0.15) is 24.2 Å². The van der Waals surface area contributed by atoms with E-state index in [4.69, 9.17) is 28.7 Å². The molecule has 18 heteroatoms. The third kappa shape index (κ3) is 19.8. The van der Waals surface area contributed by atoms with Gasteiger partial charge in [-0.1, -0.05) is 34.1 Å². The van der Waals surface area contributed by atoms with Crippen molar-refractivity contribution in [2.45, 2.75) is 122 Å². The van der Waals surface area contributed by atoms with Crippen LogP contribution < -0.4 is 55.3 Å². The summed E-state index contributed by atoms with van der Waals surface area (Å²) in [5.41, 5.74) is 27.9. The summed E-state index contributed by atoms with van der Waals surface area (Å²) in [6, 6.07) is -5.23. The topological polar surface area (TPSA) is 325 Å². The third-order valence-electron chi connectivity index (χ3n) is 8.02. The lowest BCUT2D eigenvalue weighted by atomic mass is 9.97. The third-order valence-corrected chi connectivity index (χ3v) is 8.02. The van der Waals surface area contributed by atoms with Crippen LogP contribution in [0, 0.1) is 11.8 Å². The summed E-state index contributed by atoms with van der Waals surface area (Å²) in [4.78, 5) is 81.3. The number of carbonyl (C=O) groups is 6. The summed E-state index contributed by atoms with van der Waals surface area (Å²) >= 11 is 0. The number of unbranched alkanes of at least 4 members (excludes halogenated alkanes) is 2. The summed E-state index contributed by atoms with van der Waals surface area (Å²) < 4.78 is 0. The molecule has 0 aliphatic heterocycles. The molecule has 6 unspecified atom stereocenters. The SMILES string of the molecule is CCC(C)C(NC(=O)C(N)CC(C)C)C(=O)NCC(=O)NC(CCCN=C(N)N)C(=O)NC(CCCCN)C(=O)NC(CCCCN)C(=O)O. The van der Waals surface area contributed by atoms with Gasteiger partial charge in [-0.3, -0.25) is 29.0 Å². The summed E-state index contributed by atoms with van der Waals surface area (Å²) in [7, 11) is 0. The molecule has 0 aromatic heterocycles. The number of carboxylic acid groups (broad SMARTS) is 1. The molecule has 5 amide bonds. The van der Waals surface area contributed by atoms with Crippen molar-refractivity contribution in [3.8, 4) is 0 Å². The van der Waals surface area contributed by atoms with Crippen molar-refractivity contribution in [3.05, 3.63) is 0 Å². The molecule has 0 saturated heterocycles. The normalized spacial score (nSPS) is 14.6. The lowest BCUT2D eigenvalue weighted by Crippen LogP contribution is -2.57. The average molecular weight is 714 g/mol. The number of nitrogens with two attached hydrogens (primary N) is 5. The van der Waals surface area contributed by atoms with E-state index in [2.05, 4.69) is 31.6 Å². The number of carboxylic acids is 1. The smallest absolute Gasteiger partial charge is 0.326 e. The van der Waals surface area contributed by atoms with Crippen LogP contribution in [-0.2, 0) is 28.8 Å². The number of rotatable bonds is 27. The van der Waals surface area contributed by atoms with E-state index in [1.807, 2.05) is 20.8 Å². The highest BCUT2D eigenvalue weighted by molar-refractivity contribution is 5.95. The molecule has 0 aromatic rings. The van der Waals surface area contributed by atoms with Crippen LogP contribution in [0.4, 0.5) is 0 Å². The van der Waals surface area contributed by atoms with Gasteiger partial charge in [-0.05, 0) is 82.7 Å². The van der Waals surface area contributed by atoms with E-state index in [0.717, 1.165) is 0 Å². The Balaban J connectivity index is 5.83. The van der Waals surface area contributed by atoms with Crippen molar-refractivity contribution in [2.24, 2.45) is 45.5 Å². The predicted octanol–water partition coefficient (Wildman–Crippen LogP) is -2.14. The number of amides is 5. The Hall–Kier alpha value is -4.03. The van der Waals surface area contributed by atoms with E-state index < -0.39 is 72.3 Å². The number of hydrogen-bond donors (Lipinski definition) is 11. The lowest BCUT2D eigenvalue weighted by Gasteiger charge is -2.26. The molecule has 0 rings (SSSR count). The highest BCUT2D eigenvalue weighted by atomic mass is 16.4. The summed E-state index contributed by atoms with van der Waals surface area (Å²) in [6.45, 7) is 7.86. The minimum absolute atomic E-state index is 0.0650. The Labute approximate surface area is 295 Å². The summed E-state index contributed by atoms with van der Waals surface area (Å²) in [5, 5.41) is 22.6. The van der Waals surface area contributed by atoms with Crippen LogP contribution in [0.5, 0.6) is 0 Å². The molecule has 6 atom stereocenters. The van der Waals surface area contributed by atoms with Gasteiger partial charge in [-0.2, -0.15) is 0 Å². The number of aliphatic imine (C=N–C) groups is 1. The van der Waals surface area contributed by atoms with Gasteiger partial charge >= 0.3 is 5.97 Å². The number of hydrogen-bond acceptors (Lipinski definition) is 10. The number of aliphatic carboxylic acids is 1. The van der Waals surface area contributed by atoms with Gasteiger partial charge in [0.15, 0.2) is 5.96 Å². The fourth-order valence-electron chi connectivity index (χ4n) is 4.93. The van der Waals surface area contributed by atoms with Gasteiger partial charge < -0.3 is 60.4 Å². The predicted molar refractivity (Wildman–Crippen MR) is 191 cm³/mol. The maximum absolute atomic E-state index is 13.5. The van der Waals surface area contributed by atoms with E-state index in [1.165, 1.54) is 0 Å². The van der Waals surface area contributed by atoms with Gasteiger partial charge in [0.05, 0.1) is 12.6 Å². The molecule has 0 aromatic carbocycles. The molecule has 0 radical (unpaired) electrons. The lowest BCUT2D eigenvalue weighted by molar-refractivity contribution is -0.142. The first-order valence-electron chi connectivity index (χ1n) is 17.5. The second-order valence-electron chi connectivity index (χ2n) is 12.9. The number of nitrogens with zero attached hydrogens (tertiary/aromatic N) is 1. The molecular formula is C32H63N11O7. The van der Waals surface area contributed by atoms with Gasteiger partial charge in [0.25, 0.3) is 0 Å². The second-order valence-corrected chi connectivity index (χ2v) is 12.9. The maximum Gasteiger partial charge on any atom is 0.326 e. The molecule has 0 bridgehead atoms. The number of carbonyl (C=O) groups excluding carboxylic acids is 5. The Bertz CT molecular complexity index is 1100. The second kappa shape index (κ2) is 25.9. The van der Waals surface area contributed by atoms with Gasteiger partial charge in [-0.25, -0.2) is 4.79 Å². The standard InChI is InChI=1S/C32H63N11O7/c1-5-20(4)26(43-27(45)21(35)17-19(2)3)30(48)39-18-25(44)40-22(13-10-16-38-32(36)37)28(46)41-23(11-6-8-14-33)29(47)42-24(31(49)50)12-7-9-15-34/h19-24,26H,5-18,33-35H2,1-4H3,(H,39,48)(H,40,44)(H,41,46)(H,42,47)(H,43,45)(H,49,50)(H4,36,37,38). The van der Waals surface area contributed by atoms with E-state index in [9.17, 15) is 33.9 Å². The Morgan fingerprint density at radius 3 is 1.72 bits per heavy atom. The zero-order chi connectivity index (χ0) is 38.2. The summed E-state index contributed by atoms with van der Waals surface area (Å²) in [6.07, 6.45) is 3.72. The van der Waals surface area contributed by atoms with E-state index in [-0.39, 0.29) is 50.0 Å². The van der Waals surface area contributed by atoms with E-state index in [1.54, 1.807) is 6.92 Å². The van der Waals surface area contributed by atoms with Crippen LogP contribution in [0.2, 0.25) is 0 Å². The van der Waals surface area contributed by atoms with Crippen molar-refractivity contribution in [1.82, 2.24) is 26.6 Å². The number of nitrogens with one attached hydrogen (secondary N) is 5. The molecule has 0 fully saturated rings. The molecule has 288 valence electrons.